The van der Waals surface area contributed by atoms with E-state index in [1.807, 2.05) is 42.5 Å². The fraction of sp³-hybridized carbons (Fsp3) is 0.100. The van der Waals surface area contributed by atoms with Crippen LogP contribution in [0, 0.1) is 0 Å². The number of hydrogen-bond acceptors (Lipinski definition) is 3. The second-order valence-electron chi connectivity index (χ2n) is 5.46. The summed E-state index contributed by atoms with van der Waals surface area (Å²) in [7, 11) is 0. The minimum absolute atomic E-state index is 0.0231. The van der Waals surface area contributed by atoms with Crippen LogP contribution in [0.1, 0.15) is 22.3 Å². The Morgan fingerprint density at radius 1 is 1.00 bits per heavy atom. The predicted octanol–water partition coefficient (Wildman–Crippen LogP) is 3.89. The molecule has 3 aromatic carbocycles. The van der Waals surface area contributed by atoms with Crippen LogP contribution in [-0.2, 0) is 6.42 Å². The molecule has 0 aromatic heterocycles. The molecule has 0 atom stereocenters. The van der Waals surface area contributed by atoms with Crippen LogP contribution in [0.5, 0.6) is 5.75 Å². The number of aromatic hydroxyl groups is 1. The summed E-state index contributed by atoms with van der Waals surface area (Å²) in [4.78, 5) is 12.2. The highest BCUT2D eigenvalue weighted by molar-refractivity contribution is 6.03. The maximum atomic E-state index is 12.2. The molecule has 4 heteroatoms. The first-order valence-electron chi connectivity index (χ1n) is 7.82. The highest BCUT2D eigenvalue weighted by Crippen LogP contribution is 2.28. The zero-order valence-electron chi connectivity index (χ0n) is 13.1. The Balaban J connectivity index is 1.61. The Hall–Kier alpha value is -3.14. The number of aryl methyl sites for hydroxylation is 1. The molecule has 1 amide bonds. The summed E-state index contributed by atoms with van der Waals surface area (Å²) in [6, 6.07) is 20.9. The molecule has 4 nitrogen and oxygen atoms in total. The third-order valence-corrected chi connectivity index (χ3v) is 3.81. The summed E-state index contributed by atoms with van der Waals surface area (Å²) >= 11 is 0. The first-order chi connectivity index (χ1) is 11.8. The molecule has 0 spiro atoms. The molecule has 0 unspecified atom stereocenters. The van der Waals surface area contributed by atoms with Gasteiger partial charge in [0.25, 0.3) is 5.91 Å². The number of nitrogens with one attached hydrogen (secondary N) is 1. The molecule has 0 saturated carbocycles. The van der Waals surface area contributed by atoms with E-state index in [2.05, 4.69) is 22.7 Å². The maximum absolute atomic E-state index is 12.2. The lowest BCUT2D eigenvalue weighted by Gasteiger charge is -2.06. The SMILES string of the molecule is O=C(NN=CCCc1ccccc1)c1ccc2ccccc2c1O. The van der Waals surface area contributed by atoms with Crippen LogP contribution in [0.4, 0.5) is 0 Å². The topological polar surface area (TPSA) is 61.7 Å². The number of benzene rings is 3. The predicted molar refractivity (Wildman–Crippen MR) is 96.3 cm³/mol. The molecule has 0 aliphatic heterocycles. The molecule has 3 aromatic rings. The van der Waals surface area contributed by atoms with Crippen molar-refractivity contribution in [3.05, 3.63) is 77.9 Å². The quantitative estimate of drug-likeness (QED) is 0.554. The number of nitrogens with zero attached hydrogens (tertiary/aromatic N) is 1. The van der Waals surface area contributed by atoms with Crippen molar-refractivity contribution >= 4 is 22.9 Å². The van der Waals surface area contributed by atoms with Crippen molar-refractivity contribution in [2.45, 2.75) is 12.8 Å². The second-order valence-corrected chi connectivity index (χ2v) is 5.46. The van der Waals surface area contributed by atoms with Gasteiger partial charge in [-0.3, -0.25) is 4.79 Å². The average Bonchev–Trinajstić information content (AvgIpc) is 2.62. The Kier molecular flexibility index (Phi) is 4.87. The first-order valence-corrected chi connectivity index (χ1v) is 7.82. The van der Waals surface area contributed by atoms with Gasteiger partial charge in [-0.15, -0.1) is 0 Å². The summed E-state index contributed by atoms with van der Waals surface area (Å²) in [6.45, 7) is 0. The zero-order valence-corrected chi connectivity index (χ0v) is 13.1. The number of hydrogen-bond donors (Lipinski definition) is 2. The van der Waals surface area contributed by atoms with Crippen molar-refractivity contribution in [1.82, 2.24) is 5.43 Å². The monoisotopic (exact) mass is 318 g/mol. The second kappa shape index (κ2) is 7.42. The van der Waals surface area contributed by atoms with Crippen molar-refractivity contribution in [3.8, 4) is 5.75 Å². The van der Waals surface area contributed by atoms with Gasteiger partial charge in [0, 0.05) is 11.6 Å². The van der Waals surface area contributed by atoms with Crippen LogP contribution in [0.3, 0.4) is 0 Å². The average molecular weight is 318 g/mol. The van der Waals surface area contributed by atoms with Crippen molar-refractivity contribution in [2.75, 3.05) is 0 Å². The standard InChI is InChI=1S/C20H18N2O2/c23-19-17-11-5-4-10-16(17)12-13-18(19)20(24)22-21-14-6-9-15-7-2-1-3-8-15/h1-5,7-8,10-14,23H,6,9H2,(H,22,24). The van der Waals surface area contributed by atoms with Gasteiger partial charge >= 0.3 is 0 Å². The van der Waals surface area contributed by atoms with Gasteiger partial charge in [-0.05, 0) is 29.9 Å². The molecule has 0 radical (unpaired) electrons. The lowest BCUT2D eigenvalue weighted by atomic mass is 10.1. The number of phenols is 1. The molecular weight excluding hydrogens is 300 g/mol. The zero-order chi connectivity index (χ0) is 16.8. The van der Waals surface area contributed by atoms with E-state index in [-0.39, 0.29) is 11.3 Å². The lowest BCUT2D eigenvalue weighted by Crippen LogP contribution is -2.17. The molecule has 3 rings (SSSR count). The van der Waals surface area contributed by atoms with Crippen LogP contribution >= 0.6 is 0 Å². The molecule has 0 saturated heterocycles. The van der Waals surface area contributed by atoms with Gasteiger partial charge in [0.15, 0.2) is 0 Å². The van der Waals surface area contributed by atoms with Crippen molar-refractivity contribution in [1.29, 1.82) is 0 Å². The van der Waals surface area contributed by atoms with Gasteiger partial charge < -0.3 is 5.11 Å². The van der Waals surface area contributed by atoms with E-state index in [1.165, 1.54) is 5.56 Å². The Morgan fingerprint density at radius 2 is 1.75 bits per heavy atom. The highest BCUT2D eigenvalue weighted by atomic mass is 16.3. The van der Waals surface area contributed by atoms with E-state index >= 15 is 0 Å². The summed E-state index contributed by atoms with van der Waals surface area (Å²) in [6.07, 6.45) is 3.26. The Bertz CT molecular complexity index is 873. The van der Waals surface area contributed by atoms with Crippen molar-refractivity contribution in [3.63, 3.8) is 0 Å². The van der Waals surface area contributed by atoms with E-state index in [1.54, 1.807) is 18.3 Å². The first kappa shape index (κ1) is 15.7. The Morgan fingerprint density at radius 3 is 2.58 bits per heavy atom. The fourth-order valence-corrected chi connectivity index (χ4v) is 2.54. The highest BCUT2D eigenvalue weighted by Gasteiger charge is 2.12. The van der Waals surface area contributed by atoms with Gasteiger partial charge in [-0.1, -0.05) is 60.7 Å². The minimum Gasteiger partial charge on any atom is -0.506 e. The van der Waals surface area contributed by atoms with Gasteiger partial charge in [0.05, 0.1) is 5.56 Å². The number of carbonyl (C=O) groups excluding carboxylic acids is 1. The molecule has 120 valence electrons. The molecular formula is C20H18N2O2. The third kappa shape index (κ3) is 3.60. The van der Waals surface area contributed by atoms with Crippen LogP contribution in [0.2, 0.25) is 0 Å². The molecule has 0 heterocycles. The van der Waals surface area contributed by atoms with Crippen molar-refractivity contribution < 1.29 is 9.90 Å². The fourth-order valence-electron chi connectivity index (χ4n) is 2.54. The summed E-state index contributed by atoms with van der Waals surface area (Å²) in [5.74, 6) is -0.445. The lowest BCUT2D eigenvalue weighted by molar-refractivity contribution is 0.0952. The molecule has 0 aliphatic rings. The molecule has 0 bridgehead atoms. The summed E-state index contributed by atoms with van der Waals surface area (Å²) < 4.78 is 0. The number of carbonyl (C=O) groups is 1. The molecule has 2 N–H and O–H groups in total. The Labute approximate surface area is 140 Å². The number of amides is 1. The summed E-state index contributed by atoms with van der Waals surface area (Å²) in [5.41, 5.74) is 3.90. The van der Waals surface area contributed by atoms with Crippen LogP contribution in [-0.4, -0.2) is 17.2 Å². The number of hydrazone groups is 1. The minimum atomic E-state index is -0.422. The smallest absolute Gasteiger partial charge is 0.275 e. The van der Waals surface area contributed by atoms with E-state index in [9.17, 15) is 9.90 Å². The van der Waals surface area contributed by atoms with E-state index in [0.29, 0.717) is 5.39 Å². The number of rotatable bonds is 5. The van der Waals surface area contributed by atoms with Gasteiger partial charge in [0.2, 0.25) is 0 Å². The van der Waals surface area contributed by atoms with Crippen LogP contribution in [0.25, 0.3) is 10.8 Å². The van der Waals surface area contributed by atoms with Gasteiger partial charge in [-0.25, -0.2) is 5.43 Å². The third-order valence-electron chi connectivity index (χ3n) is 3.81. The number of fused-ring (bicyclic) bond motifs is 1. The summed E-state index contributed by atoms with van der Waals surface area (Å²) in [5, 5.41) is 15.7. The molecule has 0 aliphatic carbocycles. The normalized spacial score (nSPS) is 11.0. The number of phenolic OH excluding ortho intramolecular Hbond substituents is 1. The van der Waals surface area contributed by atoms with Crippen LogP contribution < -0.4 is 5.43 Å². The van der Waals surface area contributed by atoms with E-state index in [0.717, 1.165) is 18.2 Å². The molecule has 24 heavy (non-hydrogen) atoms. The maximum Gasteiger partial charge on any atom is 0.275 e. The van der Waals surface area contributed by atoms with E-state index in [4.69, 9.17) is 0 Å². The van der Waals surface area contributed by atoms with Gasteiger partial charge in [0.1, 0.15) is 5.75 Å². The largest absolute Gasteiger partial charge is 0.506 e. The van der Waals surface area contributed by atoms with E-state index < -0.39 is 5.91 Å². The van der Waals surface area contributed by atoms with Gasteiger partial charge in [-0.2, -0.15) is 5.10 Å². The molecule has 0 fully saturated rings. The van der Waals surface area contributed by atoms with Crippen LogP contribution in [0.15, 0.2) is 71.8 Å². The van der Waals surface area contributed by atoms with Crippen molar-refractivity contribution in [2.24, 2.45) is 5.10 Å².